The zero-order valence-corrected chi connectivity index (χ0v) is 15.6. The Labute approximate surface area is 154 Å². The molecule has 0 heterocycles. The molecule has 1 N–H and O–H groups in total. The largest absolute Gasteiger partial charge is 0.495 e. The van der Waals surface area contributed by atoms with E-state index in [0.717, 1.165) is 0 Å². The van der Waals surface area contributed by atoms with Crippen molar-refractivity contribution in [1.82, 2.24) is 4.72 Å². The maximum Gasteiger partial charge on any atom is 0.242 e. The molecule has 0 saturated heterocycles. The highest BCUT2D eigenvalue weighted by Crippen LogP contribution is 2.36. The molecule has 0 radical (unpaired) electrons. The van der Waals surface area contributed by atoms with E-state index in [4.69, 9.17) is 51.1 Å². The van der Waals surface area contributed by atoms with Crippen molar-refractivity contribution >= 4 is 56.4 Å². The highest BCUT2D eigenvalue weighted by atomic mass is 35.5. The summed E-state index contributed by atoms with van der Waals surface area (Å²) in [6.45, 7) is -0.0156. The van der Waals surface area contributed by atoms with Gasteiger partial charge in [-0.25, -0.2) is 13.1 Å². The van der Waals surface area contributed by atoms with Crippen LogP contribution < -0.4 is 9.46 Å². The highest BCUT2D eigenvalue weighted by Gasteiger charge is 2.22. The fourth-order valence-corrected chi connectivity index (χ4v) is 4.12. The summed E-state index contributed by atoms with van der Waals surface area (Å²) in [6, 6.07) is 7.53. The van der Waals surface area contributed by atoms with Gasteiger partial charge in [0, 0.05) is 16.6 Å². The van der Waals surface area contributed by atoms with Crippen molar-refractivity contribution in [2.24, 2.45) is 0 Å². The summed E-state index contributed by atoms with van der Waals surface area (Å²) in [4.78, 5) is -0.143. The van der Waals surface area contributed by atoms with Crippen molar-refractivity contribution < 1.29 is 13.2 Å². The van der Waals surface area contributed by atoms with Gasteiger partial charge in [-0.3, -0.25) is 0 Å². The third-order valence-corrected chi connectivity index (χ3v) is 6.00. The minimum atomic E-state index is -3.88. The molecule has 0 saturated carbocycles. The molecule has 2 aromatic carbocycles. The maximum absolute atomic E-state index is 12.4. The molecular weight excluding hydrogens is 404 g/mol. The van der Waals surface area contributed by atoms with Gasteiger partial charge in [-0.15, -0.1) is 0 Å². The molecule has 0 aliphatic rings. The average molecular weight is 415 g/mol. The number of hydrogen-bond acceptors (Lipinski definition) is 3. The van der Waals surface area contributed by atoms with Gasteiger partial charge >= 0.3 is 0 Å². The first-order valence-electron chi connectivity index (χ1n) is 6.22. The second kappa shape index (κ2) is 7.47. The monoisotopic (exact) mass is 413 g/mol. The summed E-state index contributed by atoms with van der Waals surface area (Å²) < 4.78 is 32.2. The molecule has 2 aromatic rings. The fraction of sp³-hybridized carbons (Fsp3) is 0.143. The summed E-state index contributed by atoms with van der Waals surface area (Å²) in [5.74, 6) is 0.288. The Morgan fingerprint density at radius 1 is 1.04 bits per heavy atom. The summed E-state index contributed by atoms with van der Waals surface area (Å²) in [7, 11) is -2.47. The molecule has 0 bridgehead atoms. The third-order valence-electron chi connectivity index (χ3n) is 2.99. The van der Waals surface area contributed by atoms with Crippen molar-refractivity contribution in [3.8, 4) is 5.75 Å². The minimum absolute atomic E-state index is 0.0156. The van der Waals surface area contributed by atoms with Gasteiger partial charge in [-0.1, -0.05) is 52.5 Å². The second-order valence-corrected chi connectivity index (χ2v) is 7.79. The van der Waals surface area contributed by atoms with Gasteiger partial charge in [0.05, 0.1) is 12.1 Å². The van der Waals surface area contributed by atoms with Crippen molar-refractivity contribution in [1.29, 1.82) is 0 Å². The Hall–Kier alpha value is -0.690. The van der Waals surface area contributed by atoms with E-state index in [0.29, 0.717) is 15.6 Å². The lowest BCUT2D eigenvalue weighted by Crippen LogP contribution is -2.23. The fourth-order valence-electron chi connectivity index (χ4n) is 1.79. The number of ether oxygens (including phenoxy) is 1. The smallest absolute Gasteiger partial charge is 0.242 e. The van der Waals surface area contributed by atoms with Gasteiger partial charge in [0.2, 0.25) is 10.0 Å². The third kappa shape index (κ3) is 4.24. The molecule has 4 nitrogen and oxygen atoms in total. The molecule has 0 fully saturated rings. The number of rotatable bonds is 5. The second-order valence-electron chi connectivity index (χ2n) is 4.45. The van der Waals surface area contributed by atoms with E-state index >= 15 is 0 Å². The van der Waals surface area contributed by atoms with Gasteiger partial charge in [-0.05, 0) is 29.8 Å². The van der Waals surface area contributed by atoms with E-state index in [1.807, 2.05) is 0 Å². The van der Waals surface area contributed by atoms with E-state index in [2.05, 4.69) is 4.72 Å². The normalized spacial score (nSPS) is 11.5. The van der Waals surface area contributed by atoms with Gasteiger partial charge in [0.15, 0.2) is 0 Å². The Bertz CT molecular complexity index is 840. The van der Waals surface area contributed by atoms with Crippen LogP contribution in [0.4, 0.5) is 0 Å². The number of hydrogen-bond donors (Lipinski definition) is 1. The molecule has 0 spiro atoms. The van der Waals surface area contributed by atoms with Crippen LogP contribution in [0.25, 0.3) is 0 Å². The lowest BCUT2D eigenvalue weighted by molar-refractivity contribution is 0.414. The summed E-state index contributed by atoms with van der Waals surface area (Å²) in [6.07, 6.45) is 0. The average Bonchev–Trinajstić information content (AvgIpc) is 2.49. The van der Waals surface area contributed by atoms with Crippen molar-refractivity contribution in [3.63, 3.8) is 0 Å². The molecule has 2 rings (SSSR count). The van der Waals surface area contributed by atoms with Crippen LogP contribution in [0.3, 0.4) is 0 Å². The molecular formula is C14H11Cl4NO3S. The zero-order valence-electron chi connectivity index (χ0n) is 11.7. The Morgan fingerprint density at radius 3 is 2.35 bits per heavy atom. The van der Waals surface area contributed by atoms with E-state index in [1.54, 1.807) is 12.1 Å². The summed E-state index contributed by atoms with van der Waals surface area (Å²) in [5.41, 5.74) is 0.579. The Balaban J connectivity index is 2.27. The molecule has 0 amide bonds. The predicted molar refractivity (Wildman–Crippen MR) is 93.5 cm³/mol. The van der Waals surface area contributed by atoms with Crippen LogP contribution in [-0.4, -0.2) is 15.5 Å². The SMILES string of the molecule is COc1ccc(S(=O)(=O)NCc2ccc(Cl)cc2Cl)c(Cl)c1Cl. The van der Waals surface area contributed by atoms with Gasteiger partial charge in [0.1, 0.15) is 15.7 Å². The van der Waals surface area contributed by atoms with E-state index in [9.17, 15) is 8.42 Å². The number of benzene rings is 2. The molecule has 9 heteroatoms. The molecule has 0 aliphatic heterocycles. The molecule has 124 valence electrons. The minimum Gasteiger partial charge on any atom is -0.495 e. The van der Waals surface area contributed by atoms with E-state index < -0.39 is 10.0 Å². The van der Waals surface area contributed by atoms with Crippen LogP contribution in [-0.2, 0) is 16.6 Å². The quantitative estimate of drug-likeness (QED) is 0.765. The van der Waals surface area contributed by atoms with Gasteiger partial charge in [0.25, 0.3) is 0 Å². The van der Waals surface area contributed by atoms with Crippen LogP contribution in [0.1, 0.15) is 5.56 Å². The van der Waals surface area contributed by atoms with Crippen molar-refractivity contribution in [2.75, 3.05) is 7.11 Å². The van der Waals surface area contributed by atoms with Crippen molar-refractivity contribution in [3.05, 3.63) is 56.0 Å². The van der Waals surface area contributed by atoms with Crippen LogP contribution >= 0.6 is 46.4 Å². The maximum atomic E-state index is 12.4. The standard InChI is InChI=1S/C14H11Cl4NO3S/c1-22-11-4-5-12(14(18)13(11)17)23(20,21)19-7-8-2-3-9(15)6-10(8)16/h2-6,19H,7H2,1H3. The van der Waals surface area contributed by atoms with E-state index in [-0.39, 0.29) is 27.2 Å². The number of nitrogens with one attached hydrogen (secondary N) is 1. The van der Waals surface area contributed by atoms with Crippen LogP contribution in [0, 0.1) is 0 Å². The number of sulfonamides is 1. The summed E-state index contributed by atoms with van der Waals surface area (Å²) >= 11 is 23.8. The van der Waals surface area contributed by atoms with E-state index in [1.165, 1.54) is 25.3 Å². The van der Waals surface area contributed by atoms with Crippen LogP contribution in [0.5, 0.6) is 5.75 Å². The van der Waals surface area contributed by atoms with Gasteiger partial charge < -0.3 is 4.74 Å². The molecule has 0 aromatic heterocycles. The molecule has 0 aliphatic carbocycles. The lowest BCUT2D eigenvalue weighted by Gasteiger charge is -2.12. The Kier molecular flexibility index (Phi) is 6.05. The number of halogens is 4. The summed E-state index contributed by atoms with van der Waals surface area (Å²) in [5, 5.41) is 0.743. The topological polar surface area (TPSA) is 55.4 Å². The number of methoxy groups -OCH3 is 1. The first-order valence-corrected chi connectivity index (χ1v) is 9.21. The zero-order chi connectivity index (χ0) is 17.2. The lowest BCUT2D eigenvalue weighted by atomic mass is 10.2. The van der Waals surface area contributed by atoms with Gasteiger partial charge in [-0.2, -0.15) is 0 Å². The molecule has 23 heavy (non-hydrogen) atoms. The van der Waals surface area contributed by atoms with Crippen LogP contribution in [0.2, 0.25) is 20.1 Å². The molecule has 0 atom stereocenters. The molecule has 0 unspecified atom stereocenters. The van der Waals surface area contributed by atoms with Crippen LogP contribution in [0.15, 0.2) is 35.2 Å². The predicted octanol–water partition coefficient (Wildman–Crippen LogP) is 4.79. The first-order chi connectivity index (χ1) is 10.8. The Morgan fingerprint density at radius 2 is 1.74 bits per heavy atom. The highest BCUT2D eigenvalue weighted by molar-refractivity contribution is 7.89. The first kappa shape index (κ1) is 18.6. The van der Waals surface area contributed by atoms with Crippen molar-refractivity contribution in [2.45, 2.75) is 11.4 Å².